The van der Waals surface area contributed by atoms with E-state index in [0.717, 1.165) is 19.3 Å². The maximum absolute atomic E-state index is 12.5. The van der Waals surface area contributed by atoms with Crippen molar-refractivity contribution >= 4 is 15.7 Å². The minimum Gasteiger partial charge on any atom is -0.355 e. The molecular weight excluding hydrogens is 330 g/mol. The molecule has 1 amide bonds. The number of rotatable bonds is 8. The Morgan fingerprint density at radius 2 is 2.04 bits per heavy atom. The minimum absolute atomic E-state index is 0.281. The van der Waals surface area contributed by atoms with Gasteiger partial charge in [0.05, 0.1) is 0 Å². The van der Waals surface area contributed by atoms with E-state index in [9.17, 15) is 13.2 Å². The average molecular weight is 357 g/mol. The number of hydrogen-bond donors (Lipinski definition) is 1. The lowest BCUT2D eigenvalue weighted by molar-refractivity contribution is -0.120. The predicted molar refractivity (Wildman–Crippen MR) is 89.8 cm³/mol. The van der Waals surface area contributed by atoms with Gasteiger partial charge in [-0.2, -0.15) is 0 Å². The molecule has 1 aromatic rings. The number of nitrogens with one attached hydrogen (secondary N) is 1. The van der Waals surface area contributed by atoms with E-state index in [1.54, 1.807) is 0 Å². The Kier molecular flexibility index (Phi) is 6.70. The van der Waals surface area contributed by atoms with Crippen LogP contribution in [-0.4, -0.2) is 46.3 Å². The van der Waals surface area contributed by atoms with Crippen LogP contribution in [0.4, 0.5) is 0 Å². The fraction of sp³-hybridized carbons (Fsp3) is 0.867. The molecule has 0 bridgehead atoms. The quantitative estimate of drug-likeness (QED) is 0.746. The van der Waals surface area contributed by atoms with Crippen LogP contribution in [0.3, 0.4) is 0 Å². The third-order valence-electron chi connectivity index (χ3n) is 4.57. The second kappa shape index (κ2) is 8.55. The van der Waals surface area contributed by atoms with Crippen molar-refractivity contribution in [2.24, 2.45) is 5.92 Å². The van der Waals surface area contributed by atoms with Crippen molar-refractivity contribution < 1.29 is 13.2 Å². The van der Waals surface area contributed by atoms with Gasteiger partial charge in [0.1, 0.15) is 11.0 Å². The van der Waals surface area contributed by atoms with Gasteiger partial charge in [-0.25, -0.2) is 13.1 Å². The molecule has 0 saturated heterocycles. The Labute approximate surface area is 143 Å². The molecule has 1 atom stereocenters. The largest absolute Gasteiger partial charge is 0.355 e. The van der Waals surface area contributed by atoms with E-state index >= 15 is 0 Å². The zero-order chi connectivity index (χ0) is 17.6. The third kappa shape index (κ3) is 4.99. The summed E-state index contributed by atoms with van der Waals surface area (Å²) in [4.78, 5) is 12.2. The standard InChI is InChI=1S/C15H27N5O3S/c1-3-9-20-14(17-18-19-20)11-24(22,23)12(2)15(21)16-10-13-7-5-4-6-8-13/h12-13H,3-11H2,1-2H3,(H,16,21). The lowest BCUT2D eigenvalue weighted by atomic mass is 9.89. The second-order valence-electron chi connectivity index (χ2n) is 6.52. The monoisotopic (exact) mass is 357 g/mol. The highest BCUT2D eigenvalue weighted by molar-refractivity contribution is 7.92. The predicted octanol–water partition coefficient (Wildman–Crippen LogP) is 1.08. The van der Waals surface area contributed by atoms with Gasteiger partial charge in [0, 0.05) is 13.1 Å². The number of sulfone groups is 1. The molecule has 9 heteroatoms. The molecule has 1 aliphatic carbocycles. The van der Waals surface area contributed by atoms with Gasteiger partial charge < -0.3 is 5.32 Å². The molecule has 136 valence electrons. The van der Waals surface area contributed by atoms with E-state index in [1.807, 2.05) is 6.92 Å². The van der Waals surface area contributed by atoms with Crippen molar-refractivity contribution in [2.45, 2.75) is 69.9 Å². The van der Waals surface area contributed by atoms with E-state index in [1.165, 1.54) is 30.9 Å². The first-order valence-corrected chi connectivity index (χ1v) is 10.4. The Balaban J connectivity index is 1.92. The summed E-state index contributed by atoms with van der Waals surface area (Å²) in [5, 5.41) is 12.8. The highest BCUT2D eigenvalue weighted by Gasteiger charge is 2.30. The first-order valence-electron chi connectivity index (χ1n) is 8.68. The molecule has 1 aliphatic rings. The van der Waals surface area contributed by atoms with Gasteiger partial charge >= 0.3 is 0 Å². The Morgan fingerprint density at radius 1 is 1.33 bits per heavy atom. The maximum Gasteiger partial charge on any atom is 0.238 e. The number of aromatic nitrogens is 4. The van der Waals surface area contributed by atoms with Crippen molar-refractivity contribution in [1.29, 1.82) is 0 Å². The highest BCUT2D eigenvalue weighted by atomic mass is 32.2. The molecule has 24 heavy (non-hydrogen) atoms. The van der Waals surface area contributed by atoms with Crippen LogP contribution in [0.25, 0.3) is 0 Å². The van der Waals surface area contributed by atoms with Crippen molar-refractivity contribution in [3.05, 3.63) is 5.82 Å². The summed E-state index contributed by atoms with van der Waals surface area (Å²) in [7, 11) is -3.65. The summed E-state index contributed by atoms with van der Waals surface area (Å²) >= 11 is 0. The molecule has 1 unspecified atom stereocenters. The van der Waals surface area contributed by atoms with Crippen LogP contribution in [0.1, 0.15) is 58.2 Å². The number of amides is 1. The van der Waals surface area contributed by atoms with Crippen LogP contribution in [0.15, 0.2) is 0 Å². The summed E-state index contributed by atoms with van der Waals surface area (Å²) in [5.74, 6) is -0.00815. The van der Waals surface area contributed by atoms with Gasteiger partial charge in [0.2, 0.25) is 5.91 Å². The van der Waals surface area contributed by atoms with Crippen LogP contribution in [-0.2, 0) is 26.9 Å². The SMILES string of the molecule is CCCn1nnnc1CS(=O)(=O)C(C)C(=O)NCC1CCCCC1. The lowest BCUT2D eigenvalue weighted by Gasteiger charge is -2.22. The van der Waals surface area contributed by atoms with Gasteiger partial charge in [-0.1, -0.05) is 26.2 Å². The van der Waals surface area contributed by atoms with Gasteiger partial charge in [-0.3, -0.25) is 4.79 Å². The van der Waals surface area contributed by atoms with Crippen LogP contribution < -0.4 is 5.32 Å². The van der Waals surface area contributed by atoms with Crippen molar-refractivity contribution in [1.82, 2.24) is 25.5 Å². The van der Waals surface area contributed by atoms with E-state index in [0.29, 0.717) is 19.0 Å². The summed E-state index contributed by atoms with van der Waals surface area (Å²) in [6.07, 6.45) is 6.64. The fourth-order valence-corrected chi connectivity index (χ4v) is 4.19. The molecule has 1 heterocycles. The summed E-state index contributed by atoms with van der Waals surface area (Å²) < 4.78 is 26.4. The fourth-order valence-electron chi connectivity index (χ4n) is 2.96. The molecule has 2 rings (SSSR count). The topological polar surface area (TPSA) is 107 Å². The Morgan fingerprint density at radius 3 is 2.71 bits per heavy atom. The van der Waals surface area contributed by atoms with Crippen LogP contribution >= 0.6 is 0 Å². The number of aryl methyl sites for hydroxylation is 1. The number of carbonyl (C=O) groups is 1. The summed E-state index contributed by atoms with van der Waals surface area (Å²) in [5.41, 5.74) is 0. The van der Waals surface area contributed by atoms with E-state index in [2.05, 4.69) is 20.8 Å². The van der Waals surface area contributed by atoms with Gasteiger partial charge in [0.15, 0.2) is 15.7 Å². The van der Waals surface area contributed by atoms with E-state index in [4.69, 9.17) is 0 Å². The van der Waals surface area contributed by atoms with Crippen molar-refractivity contribution in [3.63, 3.8) is 0 Å². The second-order valence-corrected chi connectivity index (χ2v) is 8.84. The Bertz CT molecular complexity index is 637. The first kappa shape index (κ1) is 18.8. The molecule has 1 N–H and O–H groups in total. The molecular formula is C15H27N5O3S. The highest BCUT2D eigenvalue weighted by Crippen LogP contribution is 2.22. The minimum atomic E-state index is -3.65. The summed E-state index contributed by atoms with van der Waals surface area (Å²) in [6, 6.07) is 0. The third-order valence-corrected chi connectivity index (χ3v) is 6.52. The molecule has 0 aliphatic heterocycles. The van der Waals surface area contributed by atoms with Gasteiger partial charge in [-0.05, 0) is 42.5 Å². The average Bonchev–Trinajstić information content (AvgIpc) is 2.99. The first-order chi connectivity index (χ1) is 11.4. The van der Waals surface area contributed by atoms with Crippen LogP contribution in [0.5, 0.6) is 0 Å². The van der Waals surface area contributed by atoms with Gasteiger partial charge in [0.25, 0.3) is 0 Å². The molecule has 8 nitrogen and oxygen atoms in total. The van der Waals surface area contributed by atoms with Crippen molar-refractivity contribution in [3.8, 4) is 0 Å². The van der Waals surface area contributed by atoms with Crippen LogP contribution in [0.2, 0.25) is 0 Å². The number of nitrogens with zero attached hydrogens (tertiary/aromatic N) is 4. The van der Waals surface area contributed by atoms with Gasteiger partial charge in [-0.15, -0.1) is 5.10 Å². The number of tetrazole rings is 1. The number of carbonyl (C=O) groups excluding carboxylic acids is 1. The molecule has 0 radical (unpaired) electrons. The zero-order valence-corrected chi connectivity index (χ0v) is 15.3. The van der Waals surface area contributed by atoms with Crippen LogP contribution in [0, 0.1) is 5.92 Å². The molecule has 1 fully saturated rings. The lowest BCUT2D eigenvalue weighted by Crippen LogP contribution is -2.41. The Hall–Kier alpha value is -1.51. The van der Waals surface area contributed by atoms with Crippen molar-refractivity contribution in [2.75, 3.05) is 6.54 Å². The molecule has 1 aromatic heterocycles. The van der Waals surface area contributed by atoms with E-state index in [-0.39, 0.29) is 11.6 Å². The van der Waals surface area contributed by atoms with E-state index < -0.39 is 21.0 Å². The maximum atomic E-state index is 12.5. The molecule has 0 aromatic carbocycles. The summed E-state index contributed by atoms with van der Waals surface area (Å²) in [6.45, 7) is 4.51. The normalized spacial score (nSPS) is 17.6. The number of hydrogen-bond acceptors (Lipinski definition) is 6. The smallest absolute Gasteiger partial charge is 0.238 e. The molecule has 1 saturated carbocycles. The molecule has 0 spiro atoms. The zero-order valence-electron chi connectivity index (χ0n) is 14.4.